The molecule has 1 saturated heterocycles. The number of nitrogens with one attached hydrogen (secondary N) is 3. The molecule has 5 aromatic rings. The third-order valence-corrected chi connectivity index (χ3v) is 8.90. The van der Waals surface area contributed by atoms with Crippen LogP contribution in [-0.2, 0) is 19.6 Å². The number of hydrogen-bond donors (Lipinski definition) is 4. The summed E-state index contributed by atoms with van der Waals surface area (Å²) in [5.74, 6) is 0.557. The molecule has 0 saturated carbocycles. The third-order valence-electron chi connectivity index (χ3n) is 6.35. The van der Waals surface area contributed by atoms with Crippen molar-refractivity contribution in [1.29, 1.82) is 0 Å². The van der Waals surface area contributed by atoms with Crippen LogP contribution in [0.15, 0.2) is 65.7 Å². The third kappa shape index (κ3) is 5.12. The maximum atomic E-state index is 13.2. The van der Waals surface area contributed by atoms with E-state index in [9.17, 15) is 13.2 Å². The van der Waals surface area contributed by atoms with Gasteiger partial charge in [0.15, 0.2) is 11.6 Å². The highest BCUT2D eigenvalue weighted by molar-refractivity contribution is 7.93. The highest BCUT2D eigenvalue weighted by atomic mass is 32.2. The van der Waals surface area contributed by atoms with Gasteiger partial charge in [0.1, 0.15) is 5.00 Å². The van der Waals surface area contributed by atoms with Crippen molar-refractivity contribution >= 4 is 65.3 Å². The molecule has 1 amide bonds. The Morgan fingerprint density at radius 3 is 2.70 bits per heavy atom. The highest BCUT2D eigenvalue weighted by Gasteiger charge is 2.23. The number of benzene rings is 2. The second-order valence-electron chi connectivity index (χ2n) is 8.92. The number of nitrogens with zero attached hydrogens (tertiary/aromatic N) is 4. The molecule has 4 N–H and O–H groups in total. The summed E-state index contributed by atoms with van der Waals surface area (Å²) in [6.07, 6.45) is 4.32. The molecule has 3 aromatic heterocycles. The van der Waals surface area contributed by atoms with E-state index in [1.807, 2.05) is 18.2 Å². The van der Waals surface area contributed by atoms with Gasteiger partial charge in [-0.1, -0.05) is 24.3 Å². The molecule has 0 unspecified atom stereocenters. The number of fused-ring (bicyclic) bond motifs is 2. The molecule has 2 aromatic carbocycles. The number of H-pyrrole nitrogens is 1. The molecular formula is C26H23N7O5S2. The molecule has 4 heterocycles. The molecule has 40 heavy (non-hydrogen) atoms. The SMILES string of the molecule is O=C(C=Cc1ccc(S(=O)(=O)Nc2cc3nc(-c4cccc5[nH]ncc45)nc(N4CCOCC4)c3s2)cc1)NO. The van der Waals surface area contributed by atoms with Crippen LogP contribution in [0.5, 0.6) is 0 Å². The summed E-state index contributed by atoms with van der Waals surface area (Å²) in [5, 5.41) is 17.0. The number of carbonyl (C=O) groups is 1. The number of sulfonamides is 1. The van der Waals surface area contributed by atoms with Crippen molar-refractivity contribution in [2.24, 2.45) is 0 Å². The van der Waals surface area contributed by atoms with E-state index in [0.717, 1.165) is 33.1 Å². The first-order valence-electron chi connectivity index (χ1n) is 12.2. The second kappa shape index (κ2) is 10.7. The molecular weight excluding hydrogens is 554 g/mol. The number of hydroxylamine groups is 1. The van der Waals surface area contributed by atoms with E-state index in [0.29, 0.717) is 48.2 Å². The number of aromatic amines is 1. The topological polar surface area (TPSA) is 162 Å². The predicted octanol–water partition coefficient (Wildman–Crippen LogP) is 3.39. The monoisotopic (exact) mass is 577 g/mol. The fourth-order valence-corrected chi connectivity index (χ4v) is 6.69. The number of hydrogen-bond acceptors (Lipinski definition) is 10. The molecule has 14 heteroatoms. The van der Waals surface area contributed by atoms with E-state index >= 15 is 0 Å². The number of rotatable bonds is 7. The Bertz CT molecular complexity index is 1840. The lowest BCUT2D eigenvalue weighted by Gasteiger charge is -2.28. The molecule has 1 aliphatic heterocycles. The molecule has 204 valence electrons. The lowest BCUT2D eigenvalue weighted by atomic mass is 10.1. The van der Waals surface area contributed by atoms with Crippen molar-refractivity contribution in [3.8, 4) is 11.4 Å². The van der Waals surface area contributed by atoms with Gasteiger partial charge in [-0.25, -0.2) is 23.9 Å². The van der Waals surface area contributed by atoms with Crippen LogP contribution in [-0.4, -0.2) is 66.0 Å². The van der Waals surface area contributed by atoms with Crippen molar-refractivity contribution < 1.29 is 23.2 Å². The van der Waals surface area contributed by atoms with Gasteiger partial charge in [0.05, 0.1) is 40.0 Å². The van der Waals surface area contributed by atoms with E-state index in [-0.39, 0.29) is 4.90 Å². The van der Waals surface area contributed by atoms with Gasteiger partial charge in [0, 0.05) is 30.1 Å². The molecule has 0 bridgehead atoms. The van der Waals surface area contributed by atoms with Gasteiger partial charge in [-0.3, -0.25) is 19.8 Å². The molecule has 6 rings (SSSR count). The molecule has 1 aliphatic rings. The summed E-state index contributed by atoms with van der Waals surface area (Å²) < 4.78 is 35.4. The number of aromatic nitrogens is 4. The summed E-state index contributed by atoms with van der Waals surface area (Å²) in [5.41, 5.74) is 4.40. The number of thiophene rings is 1. The van der Waals surface area contributed by atoms with Gasteiger partial charge in [-0.05, 0) is 35.9 Å². The maximum Gasteiger partial charge on any atom is 0.267 e. The molecule has 12 nitrogen and oxygen atoms in total. The minimum absolute atomic E-state index is 0.0560. The summed E-state index contributed by atoms with van der Waals surface area (Å²) in [6, 6.07) is 13.5. The molecule has 0 atom stereocenters. The van der Waals surface area contributed by atoms with Crippen molar-refractivity contribution in [1.82, 2.24) is 25.6 Å². The van der Waals surface area contributed by atoms with Crippen LogP contribution in [0.25, 0.3) is 38.6 Å². The lowest BCUT2D eigenvalue weighted by Crippen LogP contribution is -2.36. The van der Waals surface area contributed by atoms with Crippen LogP contribution in [0.4, 0.5) is 10.8 Å². The Labute approximate surface area is 232 Å². The van der Waals surface area contributed by atoms with Crippen LogP contribution in [0.1, 0.15) is 5.56 Å². The van der Waals surface area contributed by atoms with Crippen molar-refractivity contribution in [3.63, 3.8) is 0 Å². The molecule has 0 radical (unpaired) electrons. The zero-order valence-corrected chi connectivity index (χ0v) is 22.5. The quantitative estimate of drug-likeness (QED) is 0.129. The van der Waals surface area contributed by atoms with Crippen LogP contribution in [0.2, 0.25) is 0 Å². The van der Waals surface area contributed by atoms with Gasteiger partial charge in [-0.2, -0.15) is 5.10 Å². The predicted molar refractivity (Wildman–Crippen MR) is 152 cm³/mol. The van der Waals surface area contributed by atoms with Gasteiger partial charge in [-0.15, -0.1) is 11.3 Å². The van der Waals surface area contributed by atoms with E-state index in [1.165, 1.54) is 35.0 Å². The lowest BCUT2D eigenvalue weighted by molar-refractivity contribution is -0.124. The molecule has 0 spiro atoms. The van der Waals surface area contributed by atoms with Crippen LogP contribution in [0, 0.1) is 0 Å². The minimum atomic E-state index is -3.91. The fraction of sp³-hybridized carbons (Fsp3) is 0.154. The zero-order valence-electron chi connectivity index (χ0n) is 20.9. The van der Waals surface area contributed by atoms with Crippen molar-refractivity contribution in [2.75, 3.05) is 35.9 Å². The summed E-state index contributed by atoms with van der Waals surface area (Å²) in [4.78, 5) is 23.1. The zero-order chi connectivity index (χ0) is 27.7. The van der Waals surface area contributed by atoms with E-state index in [4.69, 9.17) is 19.9 Å². The number of ether oxygens (including phenoxy) is 1. The van der Waals surface area contributed by atoms with E-state index < -0.39 is 15.9 Å². The largest absolute Gasteiger partial charge is 0.378 e. The number of amides is 1. The van der Waals surface area contributed by atoms with Crippen LogP contribution >= 0.6 is 11.3 Å². The van der Waals surface area contributed by atoms with E-state index in [2.05, 4.69) is 19.8 Å². The summed E-state index contributed by atoms with van der Waals surface area (Å²) >= 11 is 1.27. The van der Waals surface area contributed by atoms with Gasteiger partial charge < -0.3 is 9.64 Å². The van der Waals surface area contributed by atoms with Crippen LogP contribution in [0.3, 0.4) is 0 Å². The van der Waals surface area contributed by atoms with Crippen molar-refractivity contribution in [2.45, 2.75) is 4.90 Å². The Kier molecular flexibility index (Phi) is 6.89. The standard InChI is InChI=1S/C26H23N7O5S2/c34-22(31-35)9-6-16-4-7-17(8-5-16)40(36,37)32-23-14-21-24(39-23)26(33-10-12-38-13-11-33)29-25(28-21)18-2-1-3-20-19(18)15-27-30-20/h1-9,14-15,32,35H,10-13H2,(H,27,30)(H,31,34). The Morgan fingerprint density at radius 1 is 1.12 bits per heavy atom. The second-order valence-corrected chi connectivity index (χ2v) is 11.7. The Balaban J connectivity index is 1.36. The highest BCUT2D eigenvalue weighted by Crippen LogP contribution is 2.38. The fourth-order valence-electron chi connectivity index (χ4n) is 4.40. The molecule has 0 aliphatic carbocycles. The molecule has 1 fully saturated rings. The average Bonchev–Trinajstić information content (AvgIpc) is 3.62. The summed E-state index contributed by atoms with van der Waals surface area (Å²) in [6.45, 7) is 2.44. The Hall–Kier alpha value is -4.37. The van der Waals surface area contributed by atoms with Crippen molar-refractivity contribution in [3.05, 3.63) is 66.4 Å². The maximum absolute atomic E-state index is 13.2. The number of anilines is 2. The van der Waals surface area contributed by atoms with E-state index in [1.54, 1.807) is 24.4 Å². The Morgan fingerprint density at radius 2 is 1.93 bits per heavy atom. The number of carbonyl (C=O) groups excluding carboxylic acids is 1. The first-order chi connectivity index (χ1) is 19.4. The van der Waals surface area contributed by atoms with Crippen LogP contribution < -0.4 is 15.1 Å². The van der Waals surface area contributed by atoms with Gasteiger partial charge in [0.2, 0.25) is 0 Å². The average molecular weight is 578 g/mol. The normalized spacial score (nSPS) is 14.3. The van der Waals surface area contributed by atoms with Gasteiger partial charge >= 0.3 is 0 Å². The minimum Gasteiger partial charge on any atom is -0.378 e. The first-order valence-corrected chi connectivity index (χ1v) is 14.5. The number of morpholine rings is 1. The first kappa shape index (κ1) is 25.9. The summed E-state index contributed by atoms with van der Waals surface area (Å²) in [7, 11) is -3.91. The smallest absolute Gasteiger partial charge is 0.267 e. The van der Waals surface area contributed by atoms with Gasteiger partial charge in [0.25, 0.3) is 15.9 Å².